The maximum absolute atomic E-state index is 3.54. The van der Waals surface area contributed by atoms with Crippen LogP contribution in [0, 0.1) is 0 Å². The summed E-state index contributed by atoms with van der Waals surface area (Å²) < 4.78 is 0. The van der Waals surface area contributed by atoms with Crippen LogP contribution in [0.1, 0.15) is 31.4 Å². The average molecular weight is 190 g/mol. The first-order valence-electron chi connectivity index (χ1n) is 5.48. The van der Waals surface area contributed by atoms with E-state index in [1.54, 1.807) is 0 Å². The monoisotopic (exact) mass is 190 g/mol. The minimum atomic E-state index is 0.534. The molecule has 2 rings (SSSR count). The molecule has 1 aromatic carbocycles. The number of rotatable bonds is 2. The van der Waals surface area contributed by atoms with Crippen LogP contribution in [0.15, 0.2) is 24.3 Å². The summed E-state index contributed by atoms with van der Waals surface area (Å²) >= 11 is 0. The molecule has 1 aliphatic rings. The third kappa shape index (κ3) is 1.90. The summed E-state index contributed by atoms with van der Waals surface area (Å²) in [7, 11) is 0. The van der Waals surface area contributed by atoms with Crippen molar-refractivity contribution < 1.29 is 0 Å². The fourth-order valence-electron chi connectivity index (χ4n) is 2.11. The first-order chi connectivity index (χ1) is 6.92. The second-order valence-electron chi connectivity index (χ2n) is 3.77. The van der Waals surface area contributed by atoms with Gasteiger partial charge in [-0.25, -0.2) is 0 Å². The Morgan fingerprint density at radius 2 is 2.29 bits per heavy atom. The van der Waals surface area contributed by atoms with Gasteiger partial charge in [0.2, 0.25) is 0 Å². The largest absolute Gasteiger partial charge is 0.385 e. The van der Waals surface area contributed by atoms with E-state index in [0.717, 1.165) is 13.1 Å². The van der Waals surface area contributed by atoms with Crippen LogP contribution in [0.5, 0.6) is 0 Å². The smallest absolute Gasteiger partial charge is 0.0388 e. The Balaban J connectivity index is 2.27. The Morgan fingerprint density at radius 3 is 3.14 bits per heavy atom. The molecular formula is C12H18N2. The standard InChI is InChI=1S/C12H18N2/c1-2-13-11-8-5-9-14-12-7-4-3-6-10(11)12/h3-4,6-7,11,13-14H,2,5,8-9H2,1H3. The van der Waals surface area contributed by atoms with E-state index in [1.807, 2.05) is 0 Å². The minimum absolute atomic E-state index is 0.534. The molecule has 1 unspecified atom stereocenters. The lowest BCUT2D eigenvalue weighted by molar-refractivity contribution is 0.513. The van der Waals surface area contributed by atoms with Crippen molar-refractivity contribution in [3.8, 4) is 0 Å². The van der Waals surface area contributed by atoms with Crippen molar-refractivity contribution in [2.45, 2.75) is 25.8 Å². The molecule has 0 aromatic heterocycles. The molecule has 1 atom stereocenters. The number of nitrogens with one attached hydrogen (secondary N) is 2. The zero-order chi connectivity index (χ0) is 9.80. The van der Waals surface area contributed by atoms with Crippen LogP contribution < -0.4 is 10.6 Å². The van der Waals surface area contributed by atoms with Crippen LogP contribution in [-0.4, -0.2) is 13.1 Å². The molecule has 76 valence electrons. The number of anilines is 1. The highest BCUT2D eigenvalue weighted by Gasteiger charge is 2.16. The molecule has 14 heavy (non-hydrogen) atoms. The van der Waals surface area contributed by atoms with Crippen LogP contribution in [-0.2, 0) is 0 Å². The Hall–Kier alpha value is -1.02. The van der Waals surface area contributed by atoms with Gasteiger partial charge in [-0.15, -0.1) is 0 Å². The molecule has 1 aromatic rings. The van der Waals surface area contributed by atoms with Crippen molar-refractivity contribution in [3.05, 3.63) is 29.8 Å². The topological polar surface area (TPSA) is 24.1 Å². The van der Waals surface area contributed by atoms with Gasteiger partial charge < -0.3 is 10.6 Å². The lowest BCUT2D eigenvalue weighted by Gasteiger charge is -2.17. The molecule has 0 aliphatic carbocycles. The van der Waals surface area contributed by atoms with E-state index in [-0.39, 0.29) is 0 Å². The first kappa shape index (κ1) is 9.53. The van der Waals surface area contributed by atoms with Crippen LogP contribution in [0.2, 0.25) is 0 Å². The molecule has 2 heteroatoms. The third-order valence-electron chi connectivity index (χ3n) is 2.77. The molecule has 2 nitrogen and oxygen atoms in total. The number of hydrogen-bond acceptors (Lipinski definition) is 2. The second kappa shape index (κ2) is 4.47. The van der Waals surface area contributed by atoms with Crippen molar-refractivity contribution in [2.75, 3.05) is 18.4 Å². The average Bonchev–Trinajstić information content (AvgIpc) is 2.42. The van der Waals surface area contributed by atoms with Crippen molar-refractivity contribution >= 4 is 5.69 Å². The van der Waals surface area contributed by atoms with Gasteiger partial charge in [-0.1, -0.05) is 25.1 Å². The number of benzene rings is 1. The molecule has 0 spiro atoms. The summed E-state index contributed by atoms with van der Waals surface area (Å²) in [5.41, 5.74) is 2.72. The normalized spacial score (nSPS) is 20.8. The molecule has 1 aliphatic heterocycles. The highest BCUT2D eigenvalue weighted by Crippen LogP contribution is 2.28. The highest BCUT2D eigenvalue weighted by atomic mass is 14.9. The lowest BCUT2D eigenvalue weighted by Crippen LogP contribution is -2.20. The van der Waals surface area contributed by atoms with Crippen molar-refractivity contribution in [3.63, 3.8) is 0 Å². The van der Waals surface area contributed by atoms with Gasteiger partial charge in [0.1, 0.15) is 0 Å². The molecule has 0 saturated heterocycles. The van der Waals surface area contributed by atoms with E-state index in [9.17, 15) is 0 Å². The summed E-state index contributed by atoms with van der Waals surface area (Å²) in [5.74, 6) is 0. The third-order valence-corrected chi connectivity index (χ3v) is 2.77. The van der Waals surface area contributed by atoms with E-state index in [1.165, 1.54) is 24.1 Å². The Morgan fingerprint density at radius 1 is 1.43 bits per heavy atom. The van der Waals surface area contributed by atoms with Gasteiger partial charge in [-0.2, -0.15) is 0 Å². The molecule has 0 amide bonds. The fourth-order valence-corrected chi connectivity index (χ4v) is 2.11. The summed E-state index contributed by atoms with van der Waals surface area (Å²) in [6, 6.07) is 9.15. The number of para-hydroxylation sites is 1. The summed E-state index contributed by atoms with van der Waals surface area (Å²) in [6.07, 6.45) is 2.48. The van der Waals surface area contributed by atoms with Crippen molar-refractivity contribution in [2.24, 2.45) is 0 Å². The number of fused-ring (bicyclic) bond motifs is 1. The maximum atomic E-state index is 3.54. The van der Waals surface area contributed by atoms with Crippen molar-refractivity contribution in [1.29, 1.82) is 0 Å². The highest BCUT2D eigenvalue weighted by molar-refractivity contribution is 5.53. The minimum Gasteiger partial charge on any atom is -0.385 e. The quantitative estimate of drug-likeness (QED) is 0.749. The van der Waals surface area contributed by atoms with Gasteiger partial charge in [0.25, 0.3) is 0 Å². The molecule has 0 fully saturated rings. The van der Waals surface area contributed by atoms with E-state index < -0.39 is 0 Å². The van der Waals surface area contributed by atoms with E-state index in [4.69, 9.17) is 0 Å². The molecule has 0 saturated carbocycles. The van der Waals surface area contributed by atoms with Crippen LogP contribution in [0.25, 0.3) is 0 Å². The Kier molecular flexibility index (Phi) is 3.04. The Bertz CT molecular complexity index is 296. The zero-order valence-electron chi connectivity index (χ0n) is 8.72. The van der Waals surface area contributed by atoms with Crippen LogP contribution in [0.4, 0.5) is 5.69 Å². The van der Waals surface area contributed by atoms with Crippen LogP contribution in [0.3, 0.4) is 0 Å². The second-order valence-corrected chi connectivity index (χ2v) is 3.77. The van der Waals surface area contributed by atoms with Gasteiger partial charge in [-0.05, 0) is 31.0 Å². The molecule has 2 N–H and O–H groups in total. The van der Waals surface area contributed by atoms with E-state index >= 15 is 0 Å². The van der Waals surface area contributed by atoms with Gasteiger partial charge in [-0.3, -0.25) is 0 Å². The molecule has 0 bridgehead atoms. The SMILES string of the molecule is CCNC1CCCNc2ccccc21. The first-order valence-corrected chi connectivity index (χ1v) is 5.48. The fraction of sp³-hybridized carbons (Fsp3) is 0.500. The lowest BCUT2D eigenvalue weighted by atomic mass is 10.0. The maximum Gasteiger partial charge on any atom is 0.0388 e. The van der Waals surface area contributed by atoms with Gasteiger partial charge in [0.05, 0.1) is 0 Å². The van der Waals surface area contributed by atoms with Crippen LogP contribution >= 0.6 is 0 Å². The number of hydrogen-bond donors (Lipinski definition) is 2. The Labute approximate surface area is 85.7 Å². The van der Waals surface area contributed by atoms with E-state index in [0.29, 0.717) is 6.04 Å². The molecule has 0 radical (unpaired) electrons. The van der Waals surface area contributed by atoms with Gasteiger partial charge in [0, 0.05) is 18.3 Å². The molecule has 1 heterocycles. The predicted octanol–water partition coefficient (Wildman–Crippen LogP) is 2.54. The van der Waals surface area contributed by atoms with Gasteiger partial charge in [0.15, 0.2) is 0 Å². The predicted molar refractivity (Wildman–Crippen MR) is 60.6 cm³/mol. The van der Waals surface area contributed by atoms with Crippen molar-refractivity contribution in [1.82, 2.24) is 5.32 Å². The van der Waals surface area contributed by atoms with Gasteiger partial charge >= 0.3 is 0 Å². The zero-order valence-corrected chi connectivity index (χ0v) is 8.72. The van der Waals surface area contributed by atoms with E-state index in [2.05, 4.69) is 41.8 Å². The summed E-state index contributed by atoms with van der Waals surface area (Å²) in [4.78, 5) is 0. The summed E-state index contributed by atoms with van der Waals surface area (Å²) in [6.45, 7) is 4.30. The molecular weight excluding hydrogens is 172 g/mol. The summed E-state index contributed by atoms with van der Waals surface area (Å²) in [5, 5.41) is 7.01.